The Morgan fingerprint density at radius 2 is 1.96 bits per heavy atom. The Kier molecular flexibility index (Phi) is 6.57. The molecule has 3 N–H and O–H groups in total. The summed E-state index contributed by atoms with van der Waals surface area (Å²) in [5, 5.41) is 9.45. The predicted molar refractivity (Wildman–Crippen MR) is 92.1 cm³/mol. The van der Waals surface area contributed by atoms with Crippen LogP contribution < -0.4 is 5.73 Å². The van der Waals surface area contributed by atoms with Crippen LogP contribution in [-0.2, 0) is 6.54 Å². The van der Waals surface area contributed by atoms with Crippen molar-refractivity contribution in [3.8, 4) is 0 Å². The minimum absolute atomic E-state index is 0.0694. The predicted octanol–water partition coefficient (Wildman–Crippen LogP) is 1.31. The normalized spacial score (nSPS) is 17.9. The van der Waals surface area contributed by atoms with Crippen molar-refractivity contribution >= 4 is 5.91 Å². The summed E-state index contributed by atoms with van der Waals surface area (Å²) in [6.07, 6.45) is 1.89. The second-order valence-electron chi connectivity index (χ2n) is 6.68. The van der Waals surface area contributed by atoms with Gasteiger partial charge >= 0.3 is 0 Å². The maximum atomic E-state index is 12.5. The van der Waals surface area contributed by atoms with Gasteiger partial charge in [0.15, 0.2) is 0 Å². The number of hydrogen-bond donors (Lipinski definition) is 2. The summed E-state index contributed by atoms with van der Waals surface area (Å²) in [5.41, 5.74) is 7.34. The number of carbonyl (C=O) groups excluding carboxylic acids is 1. The van der Waals surface area contributed by atoms with E-state index in [0.29, 0.717) is 12.5 Å². The highest BCUT2D eigenvalue weighted by Gasteiger charge is 2.23. The Hall–Kier alpha value is -1.43. The van der Waals surface area contributed by atoms with Gasteiger partial charge in [0.25, 0.3) is 5.91 Å². The Labute approximate surface area is 139 Å². The molecule has 1 aliphatic rings. The molecule has 1 unspecified atom stereocenters. The van der Waals surface area contributed by atoms with Crippen LogP contribution in [0.3, 0.4) is 0 Å². The van der Waals surface area contributed by atoms with E-state index >= 15 is 0 Å². The number of aliphatic hydroxyl groups excluding tert-OH is 1. The van der Waals surface area contributed by atoms with E-state index in [-0.39, 0.29) is 12.0 Å². The van der Waals surface area contributed by atoms with Gasteiger partial charge in [-0.05, 0) is 56.5 Å². The van der Waals surface area contributed by atoms with Gasteiger partial charge in [-0.2, -0.15) is 0 Å². The maximum absolute atomic E-state index is 12.5. The van der Waals surface area contributed by atoms with Crippen LogP contribution in [0, 0.1) is 5.92 Å². The molecule has 0 aromatic heterocycles. The molecular weight excluding hydrogens is 290 g/mol. The summed E-state index contributed by atoms with van der Waals surface area (Å²) in [7, 11) is 1.88. The molecule has 5 nitrogen and oxygen atoms in total. The number of piperidine rings is 1. The van der Waals surface area contributed by atoms with Crippen LogP contribution in [0.5, 0.6) is 0 Å². The van der Waals surface area contributed by atoms with E-state index in [4.69, 9.17) is 5.73 Å². The number of β-amino-alcohol motifs (C(OH)–C–C–N with tert-alkyl or cyclic N) is 1. The topological polar surface area (TPSA) is 69.8 Å². The van der Waals surface area contributed by atoms with Gasteiger partial charge in [-0.3, -0.25) is 4.79 Å². The van der Waals surface area contributed by atoms with Crippen LogP contribution >= 0.6 is 0 Å². The van der Waals surface area contributed by atoms with Crippen molar-refractivity contribution in [1.82, 2.24) is 9.80 Å². The number of benzene rings is 1. The molecule has 1 heterocycles. The average Bonchev–Trinajstić information content (AvgIpc) is 2.55. The van der Waals surface area contributed by atoms with Gasteiger partial charge < -0.3 is 20.6 Å². The second kappa shape index (κ2) is 8.43. The van der Waals surface area contributed by atoms with Gasteiger partial charge in [-0.25, -0.2) is 0 Å². The number of nitrogens with zero attached hydrogens (tertiary/aromatic N) is 2. The first-order valence-corrected chi connectivity index (χ1v) is 8.44. The minimum atomic E-state index is -0.271. The Bertz CT molecular complexity index is 493. The first-order chi connectivity index (χ1) is 11.0. The third-order valence-electron chi connectivity index (χ3n) is 4.54. The third-order valence-corrected chi connectivity index (χ3v) is 4.54. The van der Waals surface area contributed by atoms with Crippen molar-refractivity contribution in [2.24, 2.45) is 11.7 Å². The lowest BCUT2D eigenvalue weighted by Crippen LogP contribution is -2.41. The quantitative estimate of drug-likeness (QED) is 0.829. The van der Waals surface area contributed by atoms with Gasteiger partial charge in [0.2, 0.25) is 0 Å². The van der Waals surface area contributed by atoms with E-state index in [1.54, 1.807) is 0 Å². The first kappa shape index (κ1) is 17.9. The molecule has 23 heavy (non-hydrogen) atoms. The molecule has 0 radical (unpaired) electrons. The number of nitrogens with two attached hydrogens (primary N) is 1. The zero-order chi connectivity index (χ0) is 16.8. The second-order valence-corrected chi connectivity index (χ2v) is 6.68. The summed E-state index contributed by atoms with van der Waals surface area (Å²) in [4.78, 5) is 16.6. The lowest BCUT2D eigenvalue weighted by Gasteiger charge is -2.34. The van der Waals surface area contributed by atoms with Crippen LogP contribution in [0.4, 0.5) is 0 Å². The smallest absolute Gasteiger partial charge is 0.253 e. The Morgan fingerprint density at radius 3 is 2.48 bits per heavy atom. The van der Waals surface area contributed by atoms with Gasteiger partial charge in [-0.15, -0.1) is 0 Å². The number of amides is 1. The third kappa shape index (κ3) is 5.30. The summed E-state index contributed by atoms with van der Waals surface area (Å²) in [5.74, 6) is 0.609. The molecule has 1 aliphatic heterocycles. The fourth-order valence-electron chi connectivity index (χ4n) is 3.20. The molecule has 1 aromatic rings. The number of likely N-dealkylation sites (tertiary alicyclic amines) is 1. The van der Waals surface area contributed by atoms with Crippen molar-refractivity contribution in [2.45, 2.75) is 32.4 Å². The van der Waals surface area contributed by atoms with E-state index in [1.165, 1.54) is 0 Å². The maximum Gasteiger partial charge on any atom is 0.253 e. The first-order valence-electron chi connectivity index (χ1n) is 8.44. The molecule has 1 amide bonds. The minimum Gasteiger partial charge on any atom is -0.392 e. The van der Waals surface area contributed by atoms with Crippen LogP contribution in [0.1, 0.15) is 35.7 Å². The summed E-state index contributed by atoms with van der Waals surface area (Å²) < 4.78 is 0. The van der Waals surface area contributed by atoms with Crippen molar-refractivity contribution in [3.05, 3.63) is 35.4 Å². The SMILES string of the molecule is CC(O)CN1CCC(CN(C)C(=O)c2ccc(CN)cc2)CC1. The largest absolute Gasteiger partial charge is 0.392 e. The van der Waals surface area contributed by atoms with Crippen molar-refractivity contribution in [3.63, 3.8) is 0 Å². The Morgan fingerprint density at radius 1 is 1.35 bits per heavy atom. The lowest BCUT2D eigenvalue weighted by molar-refractivity contribution is 0.0703. The average molecular weight is 319 g/mol. The van der Waals surface area contributed by atoms with E-state index in [1.807, 2.05) is 43.1 Å². The molecule has 1 aromatic carbocycles. The lowest BCUT2D eigenvalue weighted by atomic mass is 9.96. The van der Waals surface area contributed by atoms with Gasteiger partial charge in [-0.1, -0.05) is 12.1 Å². The molecular formula is C18H29N3O2. The van der Waals surface area contributed by atoms with Crippen LogP contribution in [-0.4, -0.2) is 60.1 Å². The monoisotopic (exact) mass is 319 g/mol. The van der Waals surface area contributed by atoms with Crippen LogP contribution in [0.25, 0.3) is 0 Å². The van der Waals surface area contributed by atoms with E-state index in [0.717, 1.165) is 50.1 Å². The Balaban J connectivity index is 1.82. The van der Waals surface area contributed by atoms with Crippen molar-refractivity contribution in [1.29, 1.82) is 0 Å². The molecule has 0 spiro atoms. The molecule has 1 saturated heterocycles. The fraction of sp³-hybridized carbons (Fsp3) is 0.611. The van der Waals surface area contributed by atoms with E-state index < -0.39 is 0 Å². The van der Waals surface area contributed by atoms with E-state index in [2.05, 4.69) is 4.90 Å². The molecule has 0 aliphatic carbocycles. The molecule has 0 bridgehead atoms. The van der Waals surface area contributed by atoms with Gasteiger partial charge in [0, 0.05) is 32.2 Å². The molecule has 0 saturated carbocycles. The van der Waals surface area contributed by atoms with Crippen LogP contribution in [0.2, 0.25) is 0 Å². The molecule has 5 heteroatoms. The summed E-state index contributed by atoms with van der Waals surface area (Å²) in [6, 6.07) is 7.53. The number of aliphatic hydroxyl groups is 1. The number of rotatable bonds is 6. The highest BCUT2D eigenvalue weighted by Crippen LogP contribution is 2.19. The summed E-state index contributed by atoms with van der Waals surface area (Å²) >= 11 is 0. The van der Waals surface area contributed by atoms with Crippen molar-refractivity contribution in [2.75, 3.05) is 33.2 Å². The zero-order valence-corrected chi connectivity index (χ0v) is 14.2. The fourth-order valence-corrected chi connectivity index (χ4v) is 3.20. The highest BCUT2D eigenvalue weighted by atomic mass is 16.3. The molecule has 1 fully saturated rings. The molecule has 1 atom stereocenters. The highest BCUT2D eigenvalue weighted by molar-refractivity contribution is 5.94. The van der Waals surface area contributed by atoms with Gasteiger partial charge in [0.05, 0.1) is 6.10 Å². The number of carbonyl (C=O) groups is 1. The standard InChI is InChI=1S/C18H29N3O2/c1-14(22)12-21-9-7-16(8-10-21)13-20(2)18(23)17-5-3-15(11-19)4-6-17/h3-6,14,16,22H,7-13,19H2,1-2H3. The van der Waals surface area contributed by atoms with E-state index in [9.17, 15) is 9.90 Å². The summed E-state index contributed by atoms with van der Waals surface area (Å²) in [6.45, 7) is 5.87. The van der Waals surface area contributed by atoms with Crippen LogP contribution in [0.15, 0.2) is 24.3 Å². The zero-order valence-electron chi connectivity index (χ0n) is 14.2. The molecule has 128 valence electrons. The number of hydrogen-bond acceptors (Lipinski definition) is 4. The van der Waals surface area contributed by atoms with Crippen molar-refractivity contribution < 1.29 is 9.90 Å². The molecule has 2 rings (SSSR count). The van der Waals surface area contributed by atoms with Gasteiger partial charge in [0.1, 0.15) is 0 Å².